The quantitative estimate of drug-likeness (QED) is 0.154. The summed E-state index contributed by atoms with van der Waals surface area (Å²) in [4.78, 5) is 15.8. The fourth-order valence-corrected chi connectivity index (χ4v) is 8.66. The maximum atomic E-state index is 5.35. The van der Waals surface area contributed by atoms with Crippen LogP contribution in [0.2, 0.25) is 0 Å². The average Bonchev–Trinajstić information content (AvgIpc) is 3.81. The van der Waals surface area contributed by atoms with Crippen molar-refractivity contribution < 1.29 is 0 Å². The predicted octanol–water partition coefficient (Wildman–Crippen LogP) is 9.92. The third-order valence-electron chi connectivity index (χ3n) is 11.1. The van der Waals surface area contributed by atoms with Gasteiger partial charge in [-0.2, -0.15) is 9.97 Å². The molecule has 0 saturated heterocycles. The standard InChI is InChI=1S/C51H34BN5/c1-6-20-35(21-7-1)49-53-50(36-22-8-2-9-23-36)55-51(54-49)57-44-33-19-16-30-40(44)46-42(52(37-24-10-3-11-25-37)38-26-12-4-13-27-38)34-45-47(48(46)57)41-31-17-18-32-43(41)56(45)39-28-14-5-15-29-39/h1-34H. The van der Waals surface area contributed by atoms with E-state index in [9.17, 15) is 0 Å². The molecule has 0 amide bonds. The van der Waals surface area contributed by atoms with Crippen molar-refractivity contribution in [2.75, 3.05) is 0 Å². The third kappa shape index (κ3) is 5.45. The van der Waals surface area contributed by atoms with Gasteiger partial charge in [0.2, 0.25) is 12.7 Å². The van der Waals surface area contributed by atoms with Gasteiger partial charge in [0.25, 0.3) is 0 Å². The molecule has 0 spiro atoms. The molecule has 3 aromatic heterocycles. The van der Waals surface area contributed by atoms with Crippen molar-refractivity contribution in [3.63, 3.8) is 0 Å². The molecule has 11 aromatic rings. The van der Waals surface area contributed by atoms with Crippen LogP contribution in [-0.2, 0) is 0 Å². The van der Waals surface area contributed by atoms with Gasteiger partial charge in [0.15, 0.2) is 11.6 Å². The number of hydrogen-bond acceptors (Lipinski definition) is 3. The van der Waals surface area contributed by atoms with Crippen molar-refractivity contribution in [1.29, 1.82) is 0 Å². The number of rotatable bonds is 7. The van der Waals surface area contributed by atoms with Crippen LogP contribution in [0.1, 0.15) is 0 Å². The zero-order valence-corrected chi connectivity index (χ0v) is 30.9. The van der Waals surface area contributed by atoms with E-state index in [4.69, 9.17) is 15.0 Å². The minimum Gasteiger partial charge on any atom is -0.309 e. The van der Waals surface area contributed by atoms with Gasteiger partial charge in [-0.3, -0.25) is 4.57 Å². The SMILES string of the molecule is c1ccc(B(c2ccccc2)c2cc3c(c4ccccc4n3-c3ccccc3)c3c2c2ccccc2n3-c2nc(-c3ccccc3)nc(-c3ccccc3)n2)cc1. The molecule has 3 heterocycles. The molecule has 0 aliphatic heterocycles. The van der Waals surface area contributed by atoms with Crippen molar-refractivity contribution in [1.82, 2.24) is 24.1 Å². The van der Waals surface area contributed by atoms with Crippen LogP contribution in [0.4, 0.5) is 0 Å². The molecule has 0 saturated carbocycles. The lowest BCUT2D eigenvalue weighted by Crippen LogP contribution is -2.52. The molecule has 6 heteroatoms. The van der Waals surface area contributed by atoms with Crippen molar-refractivity contribution >= 4 is 66.7 Å². The molecule has 0 aliphatic carbocycles. The maximum absolute atomic E-state index is 5.35. The van der Waals surface area contributed by atoms with Gasteiger partial charge >= 0.3 is 0 Å². The molecule has 8 aromatic carbocycles. The summed E-state index contributed by atoms with van der Waals surface area (Å²) in [7, 11) is 0. The predicted molar refractivity (Wildman–Crippen MR) is 237 cm³/mol. The molecule has 57 heavy (non-hydrogen) atoms. The highest BCUT2D eigenvalue weighted by atomic mass is 15.2. The number of aromatic nitrogens is 5. The molecule has 0 bridgehead atoms. The van der Waals surface area contributed by atoms with E-state index >= 15 is 0 Å². The van der Waals surface area contributed by atoms with E-state index in [1.165, 1.54) is 21.8 Å². The van der Waals surface area contributed by atoms with Crippen molar-refractivity contribution in [2.45, 2.75) is 0 Å². The molecule has 11 rings (SSSR count). The Morgan fingerprint density at radius 2 is 0.807 bits per heavy atom. The van der Waals surface area contributed by atoms with Gasteiger partial charge in [0.1, 0.15) is 0 Å². The molecule has 266 valence electrons. The van der Waals surface area contributed by atoms with Crippen molar-refractivity contribution in [2.24, 2.45) is 0 Å². The van der Waals surface area contributed by atoms with Gasteiger partial charge in [-0.1, -0.05) is 192 Å². The second-order valence-electron chi connectivity index (χ2n) is 14.4. The van der Waals surface area contributed by atoms with Crippen LogP contribution in [-0.4, -0.2) is 30.8 Å². The lowest BCUT2D eigenvalue weighted by Gasteiger charge is -2.19. The average molecular weight is 728 g/mol. The molecule has 0 radical (unpaired) electrons. The van der Waals surface area contributed by atoms with E-state index in [0.717, 1.165) is 55.0 Å². The molecular weight excluding hydrogens is 693 g/mol. The van der Waals surface area contributed by atoms with Crippen LogP contribution < -0.4 is 16.4 Å². The Morgan fingerprint density at radius 3 is 1.35 bits per heavy atom. The number of benzene rings is 8. The lowest BCUT2D eigenvalue weighted by atomic mass is 9.36. The largest absolute Gasteiger partial charge is 0.309 e. The van der Waals surface area contributed by atoms with Crippen molar-refractivity contribution in [3.05, 3.63) is 206 Å². The van der Waals surface area contributed by atoms with Gasteiger partial charge in [0, 0.05) is 38.4 Å². The number of nitrogens with zero attached hydrogens (tertiary/aromatic N) is 5. The van der Waals surface area contributed by atoms with Gasteiger partial charge in [-0.25, -0.2) is 4.98 Å². The summed E-state index contributed by atoms with van der Waals surface area (Å²) in [6, 6.07) is 72.8. The van der Waals surface area contributed by atoms with Crippen LogP contribution in [0.15, 0.2) is 206 Å². The summed E-state index contributed by atoms with van der Waals surface area (Å²) in [6.45, 7) is -0.0705. The smallest absolute Gasteiger partial charge is 0.242 e. The summed E-state index contributed by atoms with van der Waals surface area (Å²) in [5, 5.41) is 4.62. The first kappa shape index (κ1) is 32.8. The second kappa shape index (κ2) is 13.6. The Hall–Kier alpha value is -7.57. The maximum Gasteiger partial charge on any atom is 0.242 e. The van der Waals surface area contributed by atoms with Gasteiger partial charge < -0.3 is 4.57 Å². The first-order chi connectivity index (χ1) is 28.3. The summed E-state index contributed by atoms with van der Waals surface area (Å²) in [5.41, 5.74) is 11.0. The van der Waals surface area contributed by atoms with E-state index in [0.29, 0.717) is 17.6 Å². The van der Waals surface area contributed by atoms with Crippen LogP contribution in [0.5, 0.6) is 0 Å². The van der Waals surface area contributed by atoms with Gasteiger partial charge in [-0.15, -0.1) is 0 Å². The molecule has 0 unspecified atom stereocenters. The fourth-order valence-electron chi connectivity index (χ4n) is 8.66. The third-order valence-corrected chi connectivity index (χ3v) is 11.1. The second-order valence-corrected chi connectivity index (χ2v) is 14.4. The van der Waals surface area contributed by atoms with Gasteiger partial charge in [-0.05, 0) is 30.3 Å². The summed E-state index contributed by atoms with van der Waals surface area (Å²) in [6.07, 6.45) is 0. The summed E-state index contributed by atoms with van der Waals surface area (Å²) in [5.74, 6) is 1.81. The monoisotopic (exact) mass is 727 g/mol. The number of fused-ring (bicyclic) bond motifs is 7. The van der Waals surface area contributed by atoms with E-state index in [1.54, 1.807) is 0 Å². The van der Waals surface area contributed by atoms with Crippen LogP contribution in [0.25, 0.3) is 78.0 Å². The first-order valence-electron chi connectivity index (χ1n) is 19.3. The van der Waals surface area contributed by atoms with E-state index in [1.807, 2.05) is 36.4 Å². The minimum absolute atomic E-state index is 0.0705. The highest BCUT2D eigenvalue weighted by Crippen LogP contribution is 2.41. The highest BCUT2D eigenvalue weighted by Gasteiger charge is 2.31. The zero-order valence-electron chi connectivity index (χ0n) is 30.9. The normalized spacial score (nSPS) is 11.5. The van der Waals surface area contributed by atoms with Crippen LogP contribution in [0.3, 0.4) is 0 Å². The Kier molecular flexibility index (Phi) is 7.85. The Bertz CT molecular complexity index is 3120. The Balaban J connectivity index is 1.37. The Labute approximate surface area is 330 Å². The molecule has 0 fully saturated rings. The van der Waals surface area contributed by atoms with E-state index in [2.05, 4.69) is 179 Å². The summed E-state index contributed by atoms with van der Waals surface area (Å²) >= 11 is 0. The zero-order chi connectivity index (χ0) is 37.7. The minimum atomic E-state index is -0.0705. The highest BCUT2D eigenvalue weighted by molar-refractivity contribution is 6.97. The lowest BCUT2D eigenvalue weighted by molar-refractivity contribution is 0.955. The molecule has 5 nitrogen and oxygen atoms in total. The van der Waals surface area contributed by atoms with Crippen molar-refractivity contribution in [3.8, 4) is 34.4 Å². The summed E-state index contributed by atoms with van der Waals surface area (Å²) < 4.78 is 4.72. The Morgan fingerprint density at radius 1 is 0.368 bits per heavy atom. The van der Waals surface area contributed by atoms with Gasteiger partial charge in [0.05, 0.1) is 22.1 Å². The number of para-hydroxylation sites is 3. The molecule has 0 aliphatic rings. The van der Waals surface area contributed by atoms with E-state index in [-0.39, 0.29) is 6.71 Å². The van der Waals surface area contributed by atoms with Crippen LogP contribution >= 0.6 is 0 Å². The molecular formula is C51H34BN5. The topological polar surface area (TPSA) is 48.5 Å². The van der Waals surface area contributed by atoms with E-state index < -0.39 is 0 Å². The first-order valence-corrected chi connectivity index (χ1v) is 19.3. The molecule has 0 atom stereocenters. The van der Waals surface area contributed by atoms with Crippen LogP contribution in [0, 0.1) is 0 Å². The fraction of sp³-hybridized carbons (Fsp3) is 0. The molecule has 0 N–H and O–H groups in total. The number of hydrogen-bond donors (Lipinski definition) is 0.